The Kier molecular flexibility index (Phi) is 9.54. The highest BCUT2D eigenvalue weighted by atomic mass is 16.7. The lowest BCUT2D eigenvalue weighted by molar-refractivity contribution is -0.263. The van der Waals surface area contributed by atoms with E-state index < -0.39 is 18.4 Å². The molecule has 1 saturated heterocycles. The topological polar surface area (TPSA) is 112 Å². The second-order valence-electron chi connectivity index (χ2n) is 11.5. The minimum atomic E-state index is -0.869. The summed E-state index contributed by atoms with van der Waals surface area (Å²) in [6.45, 7) is 3.61. The van der Waals surface area contributed by atoms with E-state index in [9.17, 15) is 14.7 Å². The number of aliphatic hydroxyl groups excluding tert-OH is 1. The Balaban J connectivity index is 1.31. The van der Waals surface area contributed by atoms with Crippen LogP contribution in [0.2, 0.25) is 0 Å². The zero-order valence-corrected chi connectivity index (χ0v) is 25.8. The van der Waals surface area contributed by atoms with Gasteiger partial charge in [-0.2, -0.15) is 0 Å². The SMILES string of the molecule is CC(=O)O[C@@H](C)C(=O)NCc1ccc(C2O[C@H](Cn3cnc4ccccc43)[C@@H](c3ccccc3)[C@H](c3ccc(CO)cc3)O2)cc1. The third-order valence-electron chi connectivity index (χ3n) is 8.31. The lowest BCUT2D eigenvalue weighted by atomic mass is 9.83. The smallest absolute Gasteiger partial charge is 0.303 e. The van der Waals surface area contributed by atoms with Gasteiger partial charge >= 0.3 is 5.97 Å². The van der Waals surface area contributed by atoms with E-state index in [1.165, 1.54) is 13.8 Å². The van der Waals surface area contributed by atoms with Crippen molar-refractivity contribution >= 4 is 22.9 Å². The van der Waals surface area contributed by atoms with Gasteiger partial charge in [-0.05, 0) is 41.3 Å². The molecule has 1 aromatic heterocycles. The van der Waals surface area contributed by atoms with E-state index in [4.69, 9.17) is 14.2 Å². The van der Waals surface area contributed by atoms with Crippen LogP contribution in [0.4, 0.5) is 0 Å². The number of ether oxygens (including phenoxy) is 3. The van der Waals surface area contributed by atoms with Crippen molar-refractivity contribution in [2.24, 2.45) is 0 Å². The molecule has 1 unspecified atom stereocenters. The third kappa shape index (κ3) is 7.02. The maximum atomic E-state index is 12.3. The number of fused-ring (bicyclic) bond motifs is 1. The van der Waals surface area contributed by atoms with Crippen LogP contribution in [-0.4, -0.2) is 38.7 Å². The van der Waals surface area contributed by atoms with Crippen molar-refractivity contribution in [3.05, 3.63) is 137 Å². The predicted octanol–water partition coefficient (Wildman–Crippen LogP) is 5.74. The van der Waals surface area contributed by atoms with Crippen molar-refractivity contribution in [3.63, 3.8) is 0 Å². The maximum Gasteiger partial charge on any atom is 0.303 e. The quantitative estimate of drug-likeness (QED) is 0.192. The van der Waals surface area contributed by atoms with Crippen LogP contribution in [0.25, 0.3) is 11.0 Å². The van der Waals surface area contributed by atoms with Gasteiger partial charge in [0.1, 0.15) is 0 Å². The summed E-state index contributed by atoms with van der Waals surface area (Å²) < 4.78 is 20.8. The standard InChI is InChI=1S/C37H37N3O6/c1-24(44-25(2)42)36(43)38-20-26-12-18-30(19-13-26)37-45-33(21-40-23-39-31-10-6-7-11-32(31)40)34(28-8-4-3-5-9-28)35(46-37)29-16-14-27(22-41)15-17-29/h3-19,23-24,33-35,37,41H,20-22H2,1-2H3,(H,38,43)/t24-,33+,34+,35-,37?/m0/s1. The number of nitrogens with one attached hydrogen (secondary N) is 1. The summed E-state index contributed by atoms with van der Waals surface area (Å²) in [6.07, 6.45) is -0.323. The molecule has 0 bridgehead atoms. The summed E-state index contributed by atoms with van der Waals surface area (Å²) in [6, 6.07) is 33.9. The molecule has 4 aromatic carbocycles. The number of hydrogen-bond acceptors (Lipinski definition) is 7. The molecule has 6 rings (SSSR count). The number of amides is 1. The van der Waals surface area contributed by atoms with Gasteiger partial charge in [-0.25, -0.2) is 4.98 Å². The lowest BCUT2D eigenvalue weighted by Gasteiger charge is -2.43. The van der Waals surface area contributed by atoms with Crippen molar-refractivity contribution in [1.29, 1.82) is 0 Å². The molecule has 1 aliphatic heterocycles. The highest BCUT2D eigenvalue weighted by Crippen LogP contribution is 2.47. The van der Waals surface area contributed by atoms with E-state index in [2.05, 4.69) is 33.1 Å². The Morgan fingerprint density at radius 2 is 1.54 bits per heavy atom. The first kappa shape index (κ1) is 31.2. The number of para-hydroxylation sites is 2. The monoisotopic (exact) mass is 619 g/mol. The number of aromatic nitrogens is 2. The van der Waals surface area contributed by atoms with Gasteiger partial charge in [0.25, 0.3) is 5.91 Å². The number of aliphatic hydroxyl groups is 1. The van der Waals surface area contributed by atoms with Gasteiger partial charge in [-0.15, -0.1) is 0 Å². The normalized spacial score (nSPS) is 20.2. The molecule has 9 nitrogen and oxygen atoms in total. The number of rotatable bonds is 10. The van der Waals surface area contributed by atoms with E-state index >= 15 is 0 Å². The van der Waals surface area contributed by atoms with E-state index in [0.29, 0.717) is 6.54 Å². The van der Waals surface area contributed by atoms with E-state index in [1.54, 1.807) is 0 Å². The van der Waals surface area contributed by atoms with Crippen molar-refractivity contribution in [3.8, 4) is 0 Å². The molecule has 5 aromatic rings. The fraction of sp³-hybridized carbons (Fsp3) is 0.270. The zero-order valence-electron chi connectivity index (χ0n) is 25.8. The van der Waals surface area contributed by atoms with Gasteiger partial charge < -0.3 is 29.2 Å². The predicted molar refractivity (Wildman–Crippen MR) is 172 cm³/mol. The Bertz CT molecular complexity index is 1770. The average Bonchev–Trinajstić information content (AvgIpc) is 3.49. The largest absolute Gasteiger partial charge is 0.453 e. The molecule has 2 heterocycles. The molecular weight excluding hydrogens is 582 g/mol. The highest BCUT2D eigenvalue weighted by molar-refractivity contribution is 5.82. The van der Waals surface area contributed by atoms with Crippen LogP contribution in [0.3, 0.4) is 0 Å². The van der Waals surface area contributed by atoms with Gasteiger partial charge in [-0.3, -0.25) is 9.59 Å². The summed E-state index contributed by atoms with van der Waals surface area (Å²) in [4.78, 5) is 28.1. The first-order chi connectivity index (χ1) is 22.4. The van der Waals surface area contributed by atoms with Crippen LogP contribution in [0.5, 0.6) is 0 Å². The Hall–Kier alpha value is -4.83. The molecule has 1 fully saturated rings. The second kappa shape index (κ2) is 14.1. The van der Waals surface area contributed by atoms with E-state index in [1.807, 2.05) is 91.3 Å². The first-order valence-electron chi connectivity index (χ1n) is 15.4. The zero-order chi connectivity index (χ0) is 32.0. The molecule has 0 radical (unpaired) electrons. The van der Waals surface area contributed by atoms with Crippen molar-refractivity contribution < 1.29 is 28.9 Å². The molecule has 0 spiro atoms. The molecule has 9 heteroatoms. The first-order valence-corrected chi connectivity index (χ1v) is 15.4. The van der Waals surface area contributed by atoms with Gasteiger partial charge in [0.2, 0.25) is 0 Å². The Morgan fingerprint density at radius 1 is 0.870 bits per heavy atom. The summed E-state index contributed by atoms with van der Waals surface area (Å²) in [5.41, 5.74) is 6.58. The minimum absolute atomic E-state index is 0.0363. The fourth-order valence-corrected chi connectivity index (χ4v) is 5.94. The Morgan fingerprint density at radius 3 is 2.26 bits per heavy atom. The summed E-state index contributed by atoms with van der Waals surface area (Å²) in [7, 11) is 0. The van der Waals surface area contributed by atoms with Gasteiger partial charge in [0.05, 0.1) is 42.7 Å². The third-order valence-corrected chi connectivity index (χ3v) is 8.31. The summed E-state index contributed by atoms with van der Waals surface area (Å²) in [5, 5.41) is 12.5. The fourth-order valence-electron chi connectivity index (χ4n) is 5.94. The molecule has 0 aliphatic carbocycles. The number of carbonyl (C=O) groups is 2. The van der Waals surface area contributed by atoms with E-state index in [-0.39, 0.29) is 37.2 Å². The Labute approximate surface area is 267 Å². The summed E-state index contributed by atoms with van der Waals surface area (Å²) in [5.74, 6) is -1.02. The summed E-state index contributed by atoms with van der Waals surface area (Å²) >= 11 is 0. The number of imidazole rings is 1. The number of hydrogen-bond donors (Lipinski definition) is 2. The molecule has 0 saturated carbocycles. The van der Waals surface area contributed by atoms with Crippen LogP contribution in [0, 0.1) is 0 Å². The number of nitrogens with zero attached hydrogens (tertiary/aromatic N) is 2. The van der Waals surface area contributed by atoms with E-state index in [0.717, 1.165) is 38.9 Å². The molecule has 2 N–H and O–H groups in total. The number of benzene rings is 4. The van der Waals surface area contributed by atoms with Crippen LogP contribution in [-0.2, 0) is 43.5 Å². The van der Waals surface area contributed by atoms with Crippen LogP contribution in [0.15, 0.2) is 109 Å². The van der Waals surface area contributed by atoms with Gasteiger partial charge in [0, 0.05) is 24.9 Å². The van der Waals surface area contributed by atoms with Crippen molar-refractivity contribution in [2.45, 2.75) is 64.1 Å². The number of esters is 1. The highest BCUT2D eigenvalue weighted by Gasteiger charge is 2.42. The molecular formula is C37H37N3O6. The number of carbonyl (C=O) groups excluding carboxylic acids is 2. The van der Waals surface area contributed by atoms with Crippen molar-refractivity contribution in [1.82, 2.24) is 14.9 Å². The van der Waals surface area contributed by atoms with Gasteiger partial charge in [-0.1, -0.05) is 91.0 Å². The van der Waals surface area contributed by atoms with Gasteiger partial charge in [0.15, 0.2) is 12.4 Å². The molecule has 236 valence electrons. The molecule has 1 aliphatic rings. The minimum Gasteiger partial charge on any atom is -0.453 e. The lowest BCUT2D eigenvalue weighted by Crippen LogP contribution is -2.39. The average molecular weight is 620 g/mol. The maximum absolute atomic E-state index is 12.3. The molecule has 1 amide bonds. The van der Waals surface area contributed by atoms with Crippen LogP contribution in [0.1, 0.15) is 60.0 Å². The van der Waals surface area contributed by atoms with Crippen LogP contribution < -0.4 is 5.32 Å². The molecule has 5 atom stereocenters. The molecule has 46 heavy (non-hydrogen) atoms. The second-order valence-corrected chi connectivity index (χ2v) is 11.5. The van der Waals surface area contributed by atoms with Crippen molar-refractivity contribution in [2.75, 3.05) is 0 Å². The van der Waals surface area contributed by atoms with Crippen LogP contribution >= 0.6 is 0 Å².